The van der Waals surface area contributed by atoms with Crippen molar-refractivity contribution in [2.45, 2.75) is 0 Å². The van der Waals surface area contributed by atoms with Gasteiger partial charge in [0.2, 0.25) is 0 Å². The molecule has 0 unspecified atom stereocenters. The van der Waals surface area contributed by atoms with Gasteiger partial charge >= 0.3 is 0 Å². The highest BCUT2D eigenvalue weighted by Gasteiger charge is 1.94. The minimum atomic E-state index is 0.760. The molecule has 0 saturated carbocycles. The number of anilines is 1. The largest absolute Gasteiger partial charge is 0.378 e. The van der Waals surface area contributed by atoms with Crippen LogP contribution in [0.25, 0.3) is 0 Å². The molecule has 0 fully saturated rings. The summed E-state index contributed by atoms with van der Waals surface area (Å²) in [5.74, 6) is 0. The van der Waals surface area contributed by atoms with Crippen LogP contribution in [-0.2, 0) is 0 Å². The Morgan fingerprint density at radius 3 is 2.75 bits per heavy atom. The number of hydrogen-bond donors (Lipinski definition) is 1. The Kier molecular flexibility index (Phi) is 2.62. The smallest absolute Gasteiger partial charge is 0.0918 e. The molecule has 0 spiro atoms. The van der Waals surface area contributed by atoms with E-state index in [1.165, 1.54) is 0 Å². The summed E-state index contributed by atoms with van der Waals surface area (Å²) in [4.78, 5) is 5.73. The molecular formula is C9H11N3. The fourth-order valence-electron chi connectivity index (χ4n) is 0.905. The Hall–Kier alpha value is -1.60. The molecule has 1 rings (SSSR count). The molecule has 3 heteroatoms. The van der Waals surface area contributed by atoms with E-state index in [4.69, 9.17) is 5.41 Å². The molecule has 1 aromatic rings. The lowest BCUT2D eigenvalue weighted by Crippen LogP contribution is -2.07. The highest BCUT2D eigenvalue weighted by Crippen LogP contribution is 2.18. The summed E-state index contributed by atoms with van der Waals surface area (Å²) < 4.78 is 0. The van der Waals surface area contributed by atoms with E-state index in [9.17, 15) is 0 Å². The van der Waals surface area contributed by atoms with Gasteiger partial charge in [-0.05, 0) is 18.2 Å². The van der Waals surface area contributed by atoms with Gasteiger partial charge in [-0.25, -0.2) is 5.41 Å². The summed E-state index contributed by atoms with van der Waals surface area (Å²) in [5, 5.41) is 6.69. The first-order valence-corrected chi connectivity index (χ1v) is 3.64. The van der Waals surface area contributed by atoms with Crippen LogP contribution < -0.4 is 4.90 Å². The molecule has 1 aromatic carbocycles. The van der Waals surface area contributed by atoms with Crippen molar-refractivity contribution < 1.29 is 0 Å². The summed E-state index contributed by atoms with van der Waals surface area (Å²) in [5.41, 5.74) is 1.84. The van der Waals surface area contributed by atoms with E-state index < -0.39 is 0 Å². The molecule has 0 radical (unpaired) electrons. The van der Waals surface area contributed by atoms with Crippen molar-refractivity contribution in [3.63, 3.8) is 0 Å². The van der Waals surface area contributed by atoms with Gasteiger partial charge in [0.25, 0.3) is 0 Å². The minimum absolute atomic E-state index is 0.760. The summed E-state index contributed by atoms with van der Waals surface area (Å²) >= 11 is 0. The molecule has 1 N–H and O–H groups in total. The summed E-state index contributed by atoms with van der Waals surface area (Å²) in [6, 6.07) is 9.65. The molecule has 0 bridgehead atoms. The van der Waals surface area contributed by atoms with Gasteiger partial charge in [0.15, 0.2) is 0 Å². The number of nitrogens with one attached hydrogen (secondary N) is 1. The van der Waals surface area contributed by atoms with Crippen LogP contribution >= 0.6 is 0 Å². The summed E-state index contributed by atoms with van der Waals surface area (Å²) in [6.07, 6.45) is 0. The maximum atomic E-state index is 6.69. The second kappa shape index (κ2) is 3.69. The van der Waals surface area contributed by atoms with Gasteiger partial charge in [-0.3, -0.25) is 0 Å². The third kappa shape index (κ3) is 1.94. The summed E-state index contributed by atoms with van der Waals surface area (Å²) in [7, 11) is 3.93. The van der Waals surface area contributed by atoms with Crippen molar-refractivity contribution in [3.8, 4) is 0 Å². The molecule has 0 aliphatic rings. The second-order valence-electron chi connectivity index (χ2n) is 2.64. The molecule has 0 amide bonds. The topological polar surface area (TPSA) is 39.5 Å². The number of rotatable bonds is 2. The maximum absolute atomic E-state index is 6.69. The zero-order chi connectivity index (χ0) is 8.97. The average Bonchev–Trinajstić information content (AvgIpc) is 2.05. The lowest BCUT2D eigenvalue weighted by atomic mass is 10.3. The summed E-state index contributed by atoms with van der Waals surface area (Å²) in [6.45, 7) is 0. The number of nitrogens with zero attached hydrogens (tertiary/aromatic N) is 2. The molecule has 0 aliphatic carbocycles. The van der Waals surface area contributed by atoms with E-state index in [-0.39, 0.29) is 0 Å². The fourth-order valence-corrected chi connectivity index (χ4v) is 0.905. The van der Waals surface area contributed by atoms with E-state index in [0.717, 1.165) is 11.4 Å². The van der Waals surface area contributed by atoms with Crippen LogP contribution in [0.15, 0.2) is 29.3 Å². The number of hydrogen-bond acceptors (Lipinski definition) is 3. The van der Waals surface area contributed by atoms with Crippen molar-refractivity contribution in [2.75, 3.05) is 19.0 Å². The van der Waals surface area contributed by atoms with Gasteiger partial charge in [0, 0.05) is 19.8 Å². The fraction of sp³-hybridized carbons (Fsp3) is 0.222. The van der Waals surface area contributed by atoms with Crippen LogP contribution in [0.5, 0.6) is 0 Å². The van der Waals surface area contributed by atoms with Crippen LogP contribution in [-0.4, -0.2) is 20.1 Å². The normalized spacial score (nSPS) is 8.83. The van der Waals surface area contributed by atoms with Crippen molar-refractivity contribution >= 4 is 17.4 Å². The lowest BCUT2D eigenvalue weighted by Gasteiger charge is -2.11. The van der Waals surface area contributed by atoms with Gasteiger partial charge in [-0.1, -0.05) is 6.07 Å². The highest BCUT2D eigenvalue weighted by molar-refractivity contribution is 5.58. The first-order chi connectivity index (χ1) is 5.74. The number of benzene rings is 1. The maximum Gasteiger partial charge on any atom is 0.0918 e. The first kappa shape index (κ1) is 8.50. The predicted molar refractivity (Wildman–Crippen MR) is 50.6 cm³/mol. The Bertz CT molecular complexity index is 311. The SMILES string of the molecule is CN(C)c1cccc(N=C=N)c1. The van der Waals surface area contributed by atoms with E-state index in [1.54, 1.807) is 0 Å². The average molecular weight is 161 g/mol. The van der Waals surface area contributed by atoms with E-state index >= 15 is 0 Å². The molecule has 0 saturated heterocycles. The van der Waals surface area contributed by atoms with Crippen LogP contribution in [0, 0.1) is 5.41 Å². The van der Waals surface area contributed by atoms with Gasteiger partial charge in [-0.15, -0.1) is 0 Å². The molecule has 0 atom stereocenters. The van der Waals surface area contributed by atoms with E-state index in [0.29, 0.717) is 0 Å². The molecule has 0 aromatic heterocycles. The lowest BCUT2D eigenvalue weighted by molar-refractivity contribution is 1.13. The Labute approximate surface area is 71.9 Å². The van der Waals surface area contributed by atoms with Gasteiger partial charge in [0.1, 0.15) is 0 Å². The number of aliphatic imine (C=N–C) groups is 1. The van der Waals surface area contributed by atoms with Crippen LogP contribution in [0.2, 0.25) is 0 Å². The second-order valence-corrected chi connectivity index (χ2v) is 2.64. The Morgan fingerprint density at radius 2 is 2.17 bits per heavy atom. The van der Waals surface area contributed by atoms with Crippen molar-refractivity contribution in [1.29, 1.82) is 5.41 Å². The third-order valence-corrected chi connectivity index (χ3v) is 1.53. The standard InChI is InChI=1S/C9H11N3/c1-12(2)9-5-3-4-8(6-9)11-7-10/h3-6,10H,1-2H3. The quantitative estimate of drug-likeness (QED) is 0.663. The van der Waals surface area contributed by atoms with Crippen molar-refractivity contribution in [2.24, 2.45) is 4.99 Å². The minimum Gasteiger partial charge on any atom is -0.378 e. The van der Waals surface area contributed by atoms with Gasteiger partial charge in [0.05, 0.1) is 11.7 Å². The van der Waals surface area contributed by atoms with E-state index in [1.807, 2.05) is 49.3 Å². The predicted octanol–water partition coefficient (Wildman–Crippen LogP) is 2.14. The molecule has 12 heavy (non-hydrogen) atoms. The first-order valence-electron chi connectivity index (χ1n) is 3.64. The van der Waals surface area contributed by atoms with Gasteiger partial charge < -0.3 is 4.90 Å². The Morgan fingerprint density at radius 1 is 1.42 bits per heavy atom. The van der Waals surface area contributed by atoms with Crippen molar-refractivity contribution in [3.05, 3.63) is 24.3 Å². The third-order valence-electron chi connectivity index (χ3n) is 1.53. The molecular weight excluding hydrogens is 150 g/mol. The van der Waals surface area contributed by atoms with Gasteiger partial charge in [-0.2, -0.15) is 4.99 Å². The van der Waals surface area contributed by atoms with Crippen molar-refractivity contribution in [1.82, 2.24) is 0 Å². The molecule has 3 nitrogen and oxygen atoms in total. The zero-order valence-corrected chi connectivity index (χ0v) is 7.20. The van der Waals surface area contributed by atoms with Crippen LogP contribution in [0.3, 0.4) is 0 Å². The monoisotopic (exact) mass is 161 g/mol. The molecule has 0 aliphatic heterocycles. The van der Waals surface area contributed by atoms with Crippen LogP contribution in [0.4, 0.5) is 11.4 Å². The Balaban J connectivity index is 3.03. The zero-order valence-electron chi connectivity index (χ0n) is 7.20. The molecule has 62 valence electrons. The van der Waals surface area contributed by atoms with E-state index in [2.05, 4.69) is 4.99 Å². The molecule has 0 heterocycles. The highest BCUT2D eigenvalue weighted by atomic mass is 15.1. The van der Waals surface area contributed by atoms with Crippen LogP contribution in [0.1, 0.15) is 0 Å².